The van der Waals surface area contributed by atoms with Crippen molar-refractivity contribution in [2.75, 3.05) is 37.3 Å². The Morgan fingerprint density at radius 3 is 2.49 bits per heavy atom. The minimum Gasteiger partial charge on any atom is -0.492 e. The number of nitrogens with two attached hydrogens (primary N) is 2. The quantitative estimate of drug-likeness (QED) is 0.256. The third kappa shape index (κ3) is 9.60. The number of hydrogen-bond acceptors (Lipinski definition) is 9. The lowest BCUT2D eigenvalue weighted by molar-refractivity contribution is 0.0600. The van der Waals surface area contributed by atoms with Crippen molar-refractivity contribution in [3.63, 3.8) is 0 Å². The molecule has 12 heteroatoms. The van der Waals surface area contributed by atoms with Gasteiger partial charge < -0.3 is 31.0 Å². The molecule has 0 bridgehead atoms. The zero-order chi connectivity index (χ0) is 31.0. The number of primary amides is 1. The van der Waals surface area contributed by atoms with Crippen molar-refractivity contribution >= 4 is 29.2 Å². The van der Waals surface area contributed by atoms with E-state index in [-0.39, 0.29) is 5.91 Å². The molecule has 12 nitrogen and oxygen atoms in total. The second-order valence-corrected chi connectivity index (χ2v) is 11.1. The molecule has 2 aromatic carbocycles. The molecule has 2 amide bonds. The number of aryl methyl sites for hydroxylation is 1. The fourth-order valence-electron chi connectivity index (χ4n) is 4.38. The number of rotatable bonds is 8. The first-order chi connectivity index (χ1) is 20.4. The number of anilines is 2. The number of hydrogen-bond donors (Lipinski definition) is 3. The van der Waals surface area contributed by atoms with Crippen LogP contribution in [0.15, 0.2) is 60.8 Å². The maximum Gasteiger partial charge on any atom is 0.405 e. The monoisotopic (exact) mass is 589 g/mol. The number of nitrogens with one attached hydrogen (secondary N) is 1. The molecule has 0 unspecified atom stereocenters. The maximum absolute atomic E-state index is 13.0. The molecule has 0 saturated carbocycles. The second-order valence-electron chi connectivity index (χ2n) is 11.1. The van der Waals surface area contributed by atoms with E-state index in [4.69, 9.17) is 20.9 Å². The van der Waals surface area contributed by atoms with Crippen molar-refractivity contribution in [2.45, 2.75) is 46.1 Å². The molecular formula is C31H39N7O5. The van der Waals surface area contributed by atoms with E-state index in [0.29, 0.717) is 46.7 Å². The first-order valence-corrected chi connectivity index (χ1v) is 14.1. The summed E-state index contributed by atoms with van der Waals surface area (Å²) in [7, 11) is 0. The number of likely N-dealkylation sites (tertiary alicyclic amines) is 1. The van der Waals surface area contributed by atoms with E-state index < -0.39 is 11.7 Å². The molecular weight excluding hydrogens is 550 g/mol. The molecule has 0 atom stereocenters. The summed E-state index contributed by atoms with van der Waals surface area (Å²) < 4.78 is 17.9. The summed E-state index contributed by atoms with van der Waals surface area (Å²) in [6.07, 6.45) is 3.41. The Labute approximate surface area is 250 Å². The SMILES string of the molecule is CC(C)(C)OC(N)=O.Cc1ccc(Oc2ccc3nc(N)cn3n2)cc1NC(=O)c1cccc(OCCN2CCCC2)c1. The highest BCUT2D eigenvalue weighted by molar-refractivity contribution is 6.05. The second kappa shape index (κ2) is 13.9. The Bertz CT molecular complexity index is 1560. The zero-order valence-corrected chi connectivity index (χ0v) is 25.0. The van der Waals surface area contributed by atoms with Crippen molar-refractivity contribution in [1.29, 1.82) is 0 Å². The molecule has 1 aliphatic heterocycles. The number of nitrogens with zero attached hydrogens (tertiary/aromatic N) is 4. The molecule has 0 radical (unpaired) electrons. The number of ether oxygens (including phenoxy) is 3. The van der Waals surface area contributed by atoms with Crippen LogP contribution in [0.2, 0.25) is 0 Å². The topological polar surface area (TPSA) is 159 Å². The van der Waals surface area contributed by atoms with Crippen molar-refractivity contribution < 1.29 is 23.8 Å². The molecule has 1 saturated heterocycles. The van der Waals surface area contributed by atoms with Crippen molar-refractivity contribution in [3.8, 4) is 17.4 Å². The number of carbonyl (C=O) groups excluding carboxylic acids is 2. The molecule has 0 spiro atoms. The van der Waals surface area contributed by atoms with Gasteiger partial charge in [0.15, 0.2) is 5.65 Å². The zero-order valence-electron chi connectivity index (χ0n) is 25.0. The van der Waals surface area contributed by atoms with Gasteiger partial charge in [-0.15, -0.1) is 5.10 Å². The Kier molecular flexibility index (Phi) is 10.0. The van der Waals surface area contributed by atoms with Crippen LogP contribution >= 0.6 is 0 Å². The molecule has 5 N–H and O–H groups in total. The number of amides is 2. The fourth-order valence-corrected chi connectivity index (χ4v) is 4.38. The first-order valence-electron chi connectivity index (χ1n) is 14.1. The predicted octanol–water partition coefficient (Wildman–Crippen LogP) is 5.02. The Balaban J connectivity index is 0.000000467. The highest BCUT2D eigenvalue weighted by Crippen LogP contribution is 2.27. The minimum atomic E-state index is -0.725. The van der Waals surface area contributed by atoms with Gasteiger partial charge in [-0.05, 0) is 89.5 Å². The van der Waals surface area contributed by atoms with Gasteiger partial charge in [-0.1, -0.05) is 12.1 Å². The molecule has 4 aromatic rings. The normalized spacial score (nSPS) is 13.2. The summed E-state index contributed by atoms with van der Waals surface area (Å²) in [5, 5.41) is 7.34. The average molecular weight is 590 g/mol. The number of nitrogen functional groups attached to an aromatic ring is 1. The summed E-state index contributed by atoms with van der Waals surface area (Å²) in [5.74, 6) is 1.78. The third-order valence-corrected chi connectivity index (χ3v) is 6.37. The van der Waals surface area contributed by atoms with Crippen LogP contribution in [0.3, 0.4) is 0 Å². The van der Waals surface area contributed by atoms with Gasteiger partial charge in [-0.25, -0.2) is 14.3 Å². The Morgan fingerprint density at radius 2 is 1.79 bits per heavy atom. The van der Waals surface area contributed by atoms with Crippen LogP contribution in [-0.4, -0.2) is 63.3 Å². The van der Waals surface area contributed by atoms with Crippen LogP contribution in [0.1, 0.15) is 49.5 Å². The number of aromatic nitrogens is 3. The molecule has 0 aliphatic carbocycles. The van der Waals surface area contributed by atoms with E-state index in [9.17, 15) is 9.59 Å². The third-order valence-electron chi connectivity index (χ3n) is 6.37. The van der Waals surface area contributed by atoms with Gasteiger partial charge in [0.1, 0.15) is 29.5 Å². The molecule has 2 aromatic heterocycles. The van der Waals surface area contributed by atoms with E-state index >= 15 is 0 Å². The molecule has 3 heterocycles. The van der Waals surface area contributed by atoms with Crippen molar-refractivity contribution in [1.82, 2.24) is 19.5 Å². The Hall–Kier alpha value is -4.84. The summed E-state index contributed by atoms with van der Waals surface area (Å²) in [4.78, 5) is 29.5. The largest absolute Gasteiger partial charge is 0.492 e. The average Bonchev–Trinajstić information content (AvgIpc) is 3.58. The minimum absolute atomic E-state index is 0.219. The van der Waals surface area contributed by atoms with Crippen molar-refractivity contribution in [2.24, 2.45) is 5.73 Å². The van der Waals surface area contributed by atoms with E-state index in [1.807, 2.05) is 31.2 Å². The van der Waals surface area contributed by atoms with Crippen molar-refractivity contribution in [3.05, 3.63) is 71.9 Å². The number of benzene rings is 2. The van der Waals surface area contributed by atoms with Gasteiger partial charge in [-0.3, -0.25) is 9.69 Å². The van der Waals surface area contributed by atoms with E-state index in [1.165, 1.54) is 12.8 Å². The summed E-state index contributed by atoms with van der Waals surface area (Å²) in [5.41, 5.74) is 12.7. The van der Waals surface area contributed by atoms with Gasteiger partial charge in [-0.2, -0.15) is 0 Å². The summed E-state index contributed by atoms with van der Waals surface area (Å²) in [6, 6.07) is 16.2. The Morgan fingerprint density at radius 1 is 1.02 bits per heavy atom. The molecule has 43 heavy (non-hydrogen) atoms. The van der Waals surface area contributed by atoms with Crippen LogP contribution in [0.5, 0.6) is 17.4 Å². The van der Waals surface area contributed by atoms with Gasteiger partial charge in [0.2, 0.25) is 5.88 Å². The molecule has 1 aliphatic rings. The highest BCUT2D eigenvalue weighted by Gasteiger charge is 2.14. The lowest BCUT2D eigenvalue weighted by atomic mass is 10.1. The van der Waals surface area contributed by atoms with Crippen LogP contribution in [-0.2, 0) is 4.74 Å². The van der Waals surface area contributed by atoms with Crippen LogP contribution in [0.4, 0.5) is 16.3 Å². The fraction of sp³-hybridized carbons (Fsp3) is 0.355. The van der Waals surface area contributed by atoms with E-state index in [0.717, 1.165) is 25.2 Å². The summed E-state index contributed by atoms with van der Waals surface area (Å²) >= 11 is 0. The molecule has 1 fully saturated rings. The standard InChI is InChI=1S/C26H28N6O3.C5H11NO2/c1-18-7-8-21(35-25-10-9-24-29-23(27)17-32(24)30-25)16-22(18)28-26(33)19-5-4-6-20(15-19)34-14-13-31-11-2-3-12-31;1-5(2,3)8-4(6)7/h4-10,15-17H,2-3,11-14,27H2,1H3,(H,28,33);1-3H3,(H2,6,7). The first kappa shape index (κ1) is 31.1. The number of imidazole rings is 1. The van der Waals surface area contributed by atoms with Crippen LogP contribution < -0.4 is 26.3 Å². The highest BCUT2D eigenvalue weighted by atomic mass is 16.6. The van der Waals surface area contributed by atoms with Gasteiger partial charge in [0.25, 0.3) is 5.91 Å². The van der Waals surface area contributed by atoms with Crippen LogP contribution in [0.25, 0.3) is 5.65 Å². The van der Waals surface area contributed by atoms with E-state index in [1.54, 1.807) is 61.8 Å². The van der Waals surface area contributed by atoms with Gasteiger partial charge in [0.05, 0.1) is 6.20 Å². The van der Waals surface area contributed by atoms with E-state index in [2.05, 4.69) is 25.0 Å². The number of fused-ring (bicyclic) bond motifs is 1. The predicted molar refractivity (Wildman–Crippen MR) is 165 cm³/mol. The smallest absolute Gasteiger partial charge is 0.405 e. The maximum atomic E-state index is 13.0. The molecule has 5 rings (SSSR count). The van der Waals surface area contributed by atoms with Crippen LogP contribution in [0, 0.1) is 6.92 Å². The summed E-state index contributed by atoms with van der Waals surface area (Å²) in [6.45, 7) is 11.0. The van der Waals surface area contributed by atoms with Gasteiger partial charge >= 0.3 is 6.09 Å². The lowest BCUT2D eigenvalue weighted by Crippen LogP contribution is -2.27. The molecule has 228 valence electrons. The lowest BCUT2D eigenvalue weighted by Gasteiger charge is -2.16. The number of carbonyl (C=O) groups is 2. The van der Waals surface area contributed by atoms with Gasteiger partial charge in [0, 0.05) is 29.9 Å².